The van der Waals surface area contributed by atoms with E-state index >= 15 is 0 Å². The highest BCUT2D eigenvalue weighted by Crippen LogP contribution is 2.23. The Morgan fingerprint density at radius 2 is 2.05 bits per heavy atom. The Morgan fingerprint density at radius 1 is 1.38 bits per heavy atom. The third-order valence-corrected chi connectivity index (χ3v) is 5.17. The summed E-state index contributed by atoms with van der Waals surface area (Å²) in [5.41, 5.74) is 1.18. The topological polar surface area (TPSA) is 75.3 Å². The number of carbonyl (C=O) groups is 1. The Hall–Kier alpha value is -1.40. The maximum atomic E-state index is 12.2. The van der Waals surface area contributed by atoms with Crippen LogP contribution in [0.25, 0.3) is 0 Å². The van der Waals surface area contributed by atoms with Crippen LogP contribution >= 0.6 is 0 Å². The molecule has 0 radical (unpaired) electrons. The van der Waals surface area contributed by atoms with Crippen LogP contribution in [0.5, 0.6) is 0 Å². The van der Waals surface area contributed by atoms with E-state index in [1.54, 1.807) is 19.1 Å². The highest BCUT2D eigenvalue weighted by molar-refractivity contribution is 7.89. The highest BCUT2D eigenvalue weighted by atomic mass is 32.2. The number of aryl methyl sites for hydroxylation is 1. The van der Waals surface area contributed by atoms with Crippen LogP contribution in [-0.2, 0) is 10.0 Å². The van der Waals surface area contributed by atoms with Crippen LogP contribution < -0.4 is 10.0 Å². The summed E-state index contributed by atoms with van der Waals surface area (Å²) in [4.78, 5) is 12.4. The maximum absolute atomic E-state index is 12.2. The Kier molecular flexibility index (Phi) is 4.68. The van der Waals surface area contributed by atoms with Crippen LogP contribution in [-0.4, -0.2) is 26.4 Å². The summed E-state index contributed by atoms with van der Waals surface area (Å²) in [5, 5.41) is 2.86. The van der Waals surface area contributed by atoms with E-state index in [1.165, 1.54) is 6.07 Å². The van der Waals surface area contributed by atoms with Gasteiger partial charge in [0.15, 0.2) is 0 Å². The van der Waals surface area contributed by atoms with Gasteiger partial charge in [0.25, 0.3) is 5.91 Å². The molecule has 2 rings (SSSR count). The smallest absolute Gasteiger partial charge is 0.251 e. The molecule has 0 aliphatic heterocycles. The molecule has 1 amide bonds. The number of hydrogen-bond acceptors (Lipinski definition) is 3. The standard InChI is InChI=1S/C15H22N2O3S/c1-4-11(3)16-15(18)14-9-13(8-5-10(14)2)21(19,20)17-12-6-7-12/h5,8-9,11-12,17H,4,6-7H2,1-3H3,(H,16,18). The van der Waals surface area contributed by atoms with Crippen LogP contribution in [0, 0.1) is 6.92 Å². The summed E-state index contributed by atoms with van der Waals surface area (Å²) in [6.07, 6.45) is 2.59. The zero-order valence-corrected chi connectivity index (χ0v) is 13.5. The van der Waals surface area contributed by atoms with Gasteiger partial charge in [-0.1, -0.05) is 13.0 Å². The summed E-state index contributed by atoms with van der Waals surface area (Å²) in [7, 11) is -3.53. The molecule has 0 saturated heterocycles. The Bertz CT molecular complexity index is 636. The molecule has 1 unspecified atom stereocenters. The summed E-state index contributed by atoms with van der Waals surface area (Å²) in [6.45, 7) is 5.71. The minimum Gasteiger partial charge on any atom is -0.350 e. The van der Waals surface area contributed by atoms with Crippen molar-refractivity contribution in [2.45, 2.75) is 57.0 Å². The van der Waals surface area contributed by atoms with Gasteiger partial charge in [0, 0.05) is 17.6 Å². The molecular formula is C15H22N2O3S. The van der Waals surface area contributed by atoms with E-state index in [0.29, 0.717) is 5.56 Å². The van der Waals surface area contributed by atoms with Gasteiger partial charge in [-0.25, -0.2) is 13.1 Å². The maximum Gasteiger partial charge on any atom is 0.251 e. The number of nitrogens with one attached hydrogen (secondary N) is 2. The van der Waals surface area contributed by atoms with Crippen molar-refractivity contribution in [1.29, 1.82) is 0 Å². The first kappa shape index (κ1) is 16.0. The fourth-order valence-corrected chi connectivity index (χ4v) is 3.24. The second kappa shape index (κ2) is 6.15. The predicted octanol–water partition coefficient (Wildman–Crippen LogP) is 1.96. The molecule has 1 saturated carbocycles. The van der Waals surface area contributed by atoms with E-state index in [2.05, 4.69) is 10.0 Å². The fourth-order valence-electron chi connectivity index (χ4n) is 1.91. The van der Waals surface area contributed by atoms with Gasteiger partial charge in [0.05, 0.1) is 4.90 Å². The van der Waals surface area contributed by atoms with Crippen LogP contribution in [0.1, 0.15) is 49.0 Å². The van der Waals surface area contributed by atoms with E-state index in [-0.39, 0.29) is 22.9 Å². The summed E-state index contributed by atoms with van der Waals surface area (Å²) < 4.78 is 27.0. The van der Waals surface area contributed by atoms with Crippen molar-refractivity contribution < 1.29 is 13.2 Å². The third-order valence-electron chi connectivity index (χ3n) is 3.65. The monoisotopic (exact) mass is 310 g/mol. The number of amides is 1. The third kappa shape index (κ3) is 4.04. The molecule has 116 valence electrons. The van der Waals surface area contributed by atoms with Crippen molar-refractivity contribution in [2.24, 2.45) is 0 Å². The molecule has 0 aromatic heterocycles. The van der Waals surface area contributed by atoms with Crippen molar-refractivity contribution in [1.82, 2.24) is 10.0 Å². The Morgan fingerprint density at radius 3 is 2.62 bits per heavy atom. The molecule has 5 nitrogen and oxygen atoms in total. The average molecular weight is 310 g/mol. The Labute approximate surface area is 126 Å². The normalized spacial score (nSPS) is 16.5. The van der Waals surface area contributed by atoms with E-state index in [1.807, 2.05) is 13.8 Å². The lowest BCUT2D eigenvalue weighted by Crippen LogP contribution is -2.32. The lowest BCUT2D eigenvalue weighted by molar-refractivity contribution is 0.0938. The van der Waals surface area contributed by atoms with E-state index in [9.17, 15) is 13.2 Å². The molecular weight excluding hydrogens is 288 g/mol. The lowest BCUT2D eigenvalue weighted by atomic mass is 10.1. The second-order valence-corrected chi connectivity index (χ2v) is 7.37. The number of benzene rings is 1. The van der Waals surface area contributed by atoms with Crippen molar-refractivity contribution in [3.05, 3.63) is 29.3 Å². The minimum absolute atomic E-state index is 0.0497. The molecule has 0 spiro atoms. The van der Waals surface area contributed by atoms with Gasteiger partial charge >= 0.3 is 0 Å². The molecule has 1 aliphatic rings. The zero-order valence-electron chi connectivity index (χ0n) is 12.6. The van der Waals surface area contributed by atoms with E-state index in [4.69, 9.17) is 0 Å². The van der Waals surface area contributed by atoms with Crippen LogP contribution in [0.15, 0.2) is 23.1 Å². The van der Waals surface area contributed by atoms with Crippen LogP contribution in [0.3, 0.4) is 0 Å². The molecule has 1 aromatic carbocycles. The minimum atomic E-state index is -3.53. The molecule has 21 heavy (non-hydrogen) atoms. The van der Waals surface area contributed by atoms with E-state index in [0.717, 1.165) is 24.8 Å². The van der Waals surface area contributed by atoms with Crippen LogP contribution in [0.4, 0.5) is 0 Å². The average Bonchev–Trinajstić information content (AvgIpc) is 3.21. The van der Waals surface area contributed by atoms with Crippen molar-refractivity contribution in [2.75, 3.05) is 0 Å². The van der Waals surface area contributed by atoms with Crippen LogP contribution in [0.2, 0.25) is 0 Å². The number of carbonyl (C=O) groups excluding carboxylic acids is 1. The molecule has 2 N–H and O–H groups in total. The fraction of sp³-hybridized carbons (Fsp3) is 0.533. The molecule has 0 heterocycles. The van der Waals surface area contributed by atoms with Gasteiger partial charge in [0.1, 0.15) is 0 Å². The van der Waals surface area contributed by atoms with Crippen molar-refractivity contribution in [3.8, 4) is 0 Å². The first-order chi connectivity index (χ1) is 9.83. The number of hydrogen-bond donors (Lipinski definition) is 2. The molecule has 6 heteroatoms. The quantitative estimate of drug-likeness (QED) is 0.843. The second-order valence-electron chi connectivity index (χ2n) is 5.66. The highest BCUT2D eigenvalue weighted by Gasteiger charge is 2.28. The molecule has 1 atom stereocenters. The number of sulfonamides is 1. The van der Waals surface area contributed by atoms with Gasteiger partial charge in [-0.2, -0.15) is 0 Å². The zero-order chi connectivity index (χ0) is 15.6. The van der Waals surface area contributed by atoms with Gasteiger partial charge < -0.3 is 5.32 Å². The summed E-state index contributed by atoms with van der Waals surface area (Å²) in [6, 6.07) is 4.78. The van der Waals surface area contributed by atoms with Gasteiger partial charge in [-0.3, -0.25) is 4.79 Å². The molecule has 0 bridgehead atoms. The van der Waals surface area contributed by atoms with Gasteiger partial charge in [-0.15, -0.1) is 0 Å². The predicted molar refractivity (Wildman–Crippen MR) is 81.7 cm³/mol. The van der Waals surface area contributed by atoms with Gasteiger partial charge in [0.2, 0.25) is 10.0 Å². The van der Waals surface area contributed by atoms with Gasteiger partial charge in [-0.05, 0) is 50.8 Å². The number of rotatable bonds is 6. The van der Waals surface area contributed by atoms with E-state index < -0.39 is 10.0 Å². The largest absolute Gasteiger partial charge is 0.350 e. The Balaban J connectivity index is 2.26. The SMILES string of the molecule is CCC(C)NC(=O)c1cc(S(=O)(=O)NC2CC2)ccc1C. The lowest BCUT2D eigenvalue weighted by Gasteiger charge is -2.14. The molecule has 1 aromatic rings. The molecule has 1 fully saturated rings. The summed E-state index contributed by atoms with van der Waals surface area (Å²) in [5.74, 6) is -0.231. The van der Waals surface area contributed by atoms with Crippen molar-refractivity contribution in [3.63, 3.8) is 0 Å². The first-order valence-electron chi connectivity index (χ1n) is 7.27. The molecule has 1 aliphatic carbocycles. The van der Waals surface area contributed by atoms with Crippen molar-refractivity contribution >= 4 is 15.9 Å². The first-order valence-corrected chi connectivity index (χ1v) is 8.75. The summed E-state index contributed by atoms with van der Waals surface area (Å²) >= 11 is 0.